The van der Waals surface area contributed by atoms with Crippen molar-refractivity contribution in [1.82, 2.24) is 4.90 Å². The quantitative estimate of drug-likeness (QED) is 0.646. The number of hydrogen-bond donors (Lipinski definition) is 1. The van der Waals surface area contributed by atoms with E-state index in [2.05, 4.69) is 4.42 Å². The van der Waals surface area contributed by atoms with E-state index in [-0.39, 0.29) is 4.90 Å². The van der Waals surface area contributed by atoms with E-state index in [1.807, 2.05) is 0 Å². The van der Waals surface area contributed by atoms with Gasteiger partial charge in [-0.2, -0.15) is 13.2 Å². The van der Waals surface area contributed by atoms with Crippen LogP contribution in [0, 0.1) is 10.1 Å². The zero-order valence-electron chi connectivity index (χ0n) is 9.59. The molecule has 0 aliphatic carbocycles. The van der Waals surface area contributed by atoms with E-state index < -0.39 is 47.7 Å². The predicted octanol–water partition coefficient (Wildman–Crippen LogP) is 1.28. The number of alkyl halides is 3. The molecule has 20 heavy (non-hydrogen) atoms. The summed E-state index contributed by atoms with van der Waals surface area (Å²) in [6.45, 7) is -3.03. The monoisotopic (exact) mass is 296 g/mol. The van der Waals surface area contributed by atoms with Gasteiger partial charge in [-0.25, -0.2) is 0 Å². The lowest BCUT2D eigenvalue weighted by molar-refractivity contribution is -0.402. The van der Waals surface area contributed by atoms with Gasteiger partial charge in [0.25, 0.3) is 5.91 Å². The van der Waals surface area contributed by atoms with Crippen LogP contribution in [0.1, 0.15) is 10.6 Å². The Hall–Kier alpha value is -2.59. The minimum Gasteiger partial charge on any atom is -0.480 e. The molecule has 0 bridgehead atoms. The Morgan fingerprint density at radius 2 is 2.00 bits per heavy atom. The standard InChI is InChI=1S/C9H7F3N2O6/c10-9(11,12)4-13(3-7(15)16)8(17)5-1-2-6(20-5)14(18)19/h1-2H,3-4H2,(H,15,16). The second-order valence-corrected chi connectivity index (χ2v) is 3.57. The lowest BCUT2D eigenvalue weighted by Crippen LogP contribution is -2.41. The van der Waals surface area contributed by atoms with Crippen molar-refractivity contribution in [3.8, 4) is 0 Å². The molecule has 1 amide bonds. The van der Waals surface area contributed by atoms with Gasteiger partial charge in [0, 0.05) is 0 Å². The highest BCUT2D eigenvalue weighted by atomic mass is 19.4. The van der Waals surface area contributed by atoms with Crippen LogP contribution in [-0.4, -0.2) is 46.1 Å². The third-order valence-corrected chi connectivity index (χ3v) is 1.97. The summed E-state index contributed by atoms with van der Waals surface area (Å²) in [5, 5.41) is 18.8. The molecule has 0 aliphatic heterocycles. The molecule has 1 aromatic rings. The number of hydrogen-bond acceptors (Lipinski definition) is 5. The first kappa shape index (κ1) is 15.5. The van der Waals surface area contributed by atoms with Crippen molar-refractivity contribution in [2.45, 2.75) is 6.18 Å². The van der Waals surface area contributed by atoms with Crippen molar-refractivity contribution in [3.63, 3.8) is 0 Å². The average molecular weight is 296 g/mol. The van der Waals surface area contributed by atoms with Crippen molar-refractivity contribution >= 4 is 17.8 Å². The summed E-state index contributed by atoms with van der Waals surface area (Å²) in [4.78, 5) is 31.4. The van der Waals surface area contributed by atoms with Gasteiger partial charge in [-0.3, -0.25) is 19.7 Å². The summed E-state index contributed by atoms with van der Waals surface area (Å²) in [7, 11) is 0. The maximum atomic E-state index is 12.2. The second-order valence-electron chi connectivity index (χ2n) is 3.57. The molecule has 0 aromatic carbocycles. The Balaban J connectivity index is 2.96. The maximum Gasteiger partial charge on any atom is 0.433 e. The van der Waals surface area contributed by atoms with Crippen molar-refractivity contribution in [2.24, 2.45) is 0 Å². The first-order valence-corrected chi connectivity index (χ1v) is 4.92. The van der Waals surface area contributed by atoms with E-state index in [0.717, 1.165) is 12.1 Å². The minimum absolute atomic E-state index is 0.0368. The number of carboxylic acid groups (broad SMARTS) is 1. The van der Waals surface area contributed by atoms with Crippen molar-refractivity contribution in [1.29, 1.82) is 0 Å². The molecule has 8 nitrogen and oxygen atoms in total. The molecule has 0 aliphatic rings. The Kier molecular flexibility index (Phi) is 4.32. The lowest BCUT2D eigenvalue weighted by Gasteiger charge is -2.20. The largest absolute Gasteiger partial charge is 0.480 e. The van der Waals surface area contributed by atoms with Gasteiger partial charge in [-0.1, -0.05) is 0 Å². The molecule has 1 N–H and O–H groups in total. The molecule has 11 heteroatoms. The Morgan fingerprint density at radius 1 is 1.40 bits per heavy atom. The number of carbonyl (C=O) groups excluding carboxylic acids is 1. The van der Waals surface area contributed by atoms with Crippen LogP contribution in [0.3, 0.4) is 0 Å². The molecule has 0 spiro atoms. The molecule has 0 saturated heterocycles. The molecule has 0 saturated carbocycles. The van der Waals surface area contributed by atoms with Crippen LogP contribution >= 0.6 is 0 Å². The zero-order valence-corrected chi connectivity index (χ0v) is 9.59. The number of nitro groups is 1. The van der Waals surface area contributed by atoms with E-state index in [4.69, 9.17) is 5.11 Å². The highest BCUT2D eigenvalue weighted by Crippen LogP contribution is 2.21. The Bertz CT molecular complexity index is 538. The number of furan rings is 1. The van der Waals surface area contributed by atoms with Gasteiger partial charge in [0.2, 0.25) is 0 Å². The van der Waals surface area contributed by atoms with E-state index in [1.54, 1.807) is 0 Å². The highest BCUT2D eigenvalue weighted by Gasteiger charge is 2.35. The number of aliphatic carboxylic acids is 1. The normalized spacial score (nSPS) is 11.2. The molecular formula is C9H7F3N2O6. The van der Waals surface area contributed by atoms with Gasteiger partial charge >= 0.3 is 18.0 Å². The first-order chi connectivity index (χ1) is 9.10. The molecule has 1 heterocycles. The summed E-state index contributed by atoms with van der Waals surface area (Å²) < 4.78 is 41.2. The molecule has 0 fully saturated rings. The molecule has 0 radical (unpaired) electrons. The molecular weight excluding hydrogens is 289 g/mol. The minimum atomic E-state index is -4.82. The van der Waals surface area contributed by atoms with Crippen LogP contribution in [-0.2, 0) is 4.79 Å². The molecule has 110 valence electrons. The SMILES string of the molecule is O=C(O)CN(CC(F)(F)F)C(=O)c1ccc([N+](=O)[O-])o1. The first-order valence-electron chi connectivity index (χ1n) is 4.92. The third kappa shape index (κ3) is 4.26. The molecule has 1 rings (SSSR count). The highest BCUT2D eigenvalue weighted by molar-refractivity contribution is 5.93. The second kappa shape index (κ2) is 5.59. The van der Waals surface area contributed by atoms with Gasteiger partial charge in [0.15, 0.2) is 5.76 Å². The number of carbonyl (C=O) groups is 2. The zero-order chi connectivity index (χ0) is 15.5. The Labute approximate surface area is 108 Å². The number of amides is 1. The van der Waals surface area contributed by atoms with Crippen LogP contribution in [0.5, 0.6) is 0 Å². The number of rotatable bonds is 5. The summed E-state index contributed by atoms with van der Waals surface area (Å²) in [6, 6.07) is 1.57. The van der Waals surface area contributed by atoms with Crippen LogP contribution in [0.4, 0.5) is 19.1 Å². The molecule has 1 aromatic heterocycles. The summed E-state index contributed by atoms with van der Waals surface area (Å²) in [5.41, 5.74) is 0. The predicted molar refractivity (Wildman–Crippen MR) is 55.0 cm³/mol. The van der Waals surface area contributed by atoms with Crippen molar-refractivity contribution in [2.75, 3.05) is 13.1 Å². The van der Waals surface area contributed by atoms with Crippen LogP contribution in [0.25, 0.3) is 0 Å². The van der Waals surface area contributed by atoms with Crippen LogP contribution < -0.4 is 0 Å². The molecule has 0 unspecified atom stereocenters. The number of halogens is 3. The maximum absolute atomic E-state index is 12.2. The van der Waals surface area contributed by atoms with E-state index in [1.165, 1.54) is 0 Å². The van der Waals surface area contributed by atoms with Crippen LogP contribution in [0.2, 0.25) is 0 Å². The fourth-order valence-electron chi connectivity index (χ4n) is 1.28. The topological polar surface area (TPSA) is 114 Å². The van der Waals surface area contributed by atoms with Crippen molar-refractivity contribution in [3.05, 3.63) is 28.0 Å². The van der Waals surface area contributed by atoms with E-state index in [9.17, 15) is 32.9 Å². The fraction of sp³-hybridized carbons (Fsp3) is 0.333. The number of nitrogens with zero attached hydrogens (tertiary/aromatic N) is 2. The van der Waals surface area contributed by atoms with Gasteiger partial charge < -0.3 is 14.4 Å². The van der Waals surface area contributed by atoms with Gasteiger partial charge in [0.1, 0.15) is 18.0 Å². The average Bonchev–Trinajstić information content (AvgIpc) is 2.73. The smallest absolute Gasteiger partial charge is 0.433 e. The lowest BCUT2D eigenvalue weighted by atomic mass is 10.3. The molecule has 0 atom stereocenters. The van der Waals surface area contributed by atoms with E-state index in [0.29, 0.717) is 0 Å². The fourth-order valence-corrected chi connectivity index (χ4v) is 1.28. The van der Waals surface area contributed by atoms with Gasteiger partial charge in [-0.05, 0) is 6.07 Å². The Morgan fingerprint density at radius 3 is 2.40 bits per heavy atom. The summed E-state index contributed by atoms with van der Waals surface area (Å²) in [5.74, 6) is -4.65. The summed E-state index contributed by atoms with van der Waals surface area (Å²) >= 11 is 0. The number of carboxylic acids is 1. The van der Waals surface area contributed by atoms with E-state index >= 15 is 0 Å². The summed E-state index contributed by atoms with van der Waals surface area (Å²) in [6.07, 6.45) is -4.82. The van der Waals surface area contributed by atoms with Gasteiger partial charge in [0.05, 0.1) is 6.07 Å². The van der Waals surface area contributed by atoms with Gasteiger partial charge in [-0.15, -0.1) is 0 Å². The van der Waals surface area contributed by atoms with Crippen LogP contribution in [0.15, 0.2) is 16.5 Å². The third-order valence-electron chi connectivity index (χ3n) is 1.97. The van der Waals surface area contributed by atoms with Crippen molar-refractivity contribution < 1.29 is 37.2 Å².